The van der Waals surface area contributed by atoms with Crippen LogP contribution in [0.1, 0.15) is 66.2 Å². The fraction of sp³-hybridized carbons (Fsp3) is 1.00. The molecule has 0 heterocycles. The van der Waals surface area contributed by atoms with Gasteiger partial charge in [-0.15, -0.1) is 0 Å². The van der Waals surface area contributed by atoms with Crippen molar-refractivity contribution in [3.8, 4) is 0 Å². The second kappa shape index (κ2) is 9.21. The summed E-state index contributed by atoms with van der Waals surface area (Å²) in [5, 5.41) is 0. The van der Waals surface area contributed by atoms with Crippen LogP contribution in [0.25, 0.3) is 0 Å². The number of unbranched alkanes of at least 4 members (excludes halogenated alkanes) is 2. The molecule has 0 spiro atoms. The molecule has 0 rings (SSSR count). The zero-order chi connectivity index (χ0) is 11.6. The summed E-state index contributed by atoms with van der Waals surface area (Å²) in [6.07, 6.45) is 8.19. The first kappa shape index (κ1) is 15.0. The van der Waals surface area contributed by atoms with Crippen LogP contribution in [0.5, 0.6) is 0 Å². The summed E-state index contributed by atoms with van der Waals surface area (Å²) in [5.74, 6) is 0. The molecule has 1 heteroatoms. The Labute approximate surface area is 97.5 Å². The Morgan fingerprint density at radius 2 is 0.933 bits per heavy atom. The molecule has 0 aromatic carbocycles. The molecule has 0 saturated heterocycles. The minimum Gasteiger partial charge on any atom is -0.324 e. The fourth-order valence-electron chi connectivity index (χ4n) is 2.61. The third kappa shape index (κ3) is 6.19. The van der Waals surface area contributed by atoms with E-state index in [0.29, 0.717) is 0 Å². The quantitative estimate of drug-likeness (QED) is 0.478. The highest BCUT2D eigenvalue weighted by molar-refractivity contribution is 4.46. The Kier molecular flexibility index (Phi) is 9.18. The zero-order valence-electron chi connectivity index (χ0n) is 11.5. The minimum absolute atomic E-state index is 1.34. The zero-order valence-corrected chi connectivity index (χ0v) is 11.5. The summed E-state index contributed by atoms with van der Waals surface area (Å²) in [6, 6.07) is 0. The van der Waals surface area contributed by atoms with E-state index in [1.54, 1.807) is 0 Å². The van der Waals surface area contributed by atoms with E-state index in [1.807, 2.05) is 0 Å². The van der Waals surface area contributed by atoms with Crippen LogP contribution in [0.15, 0.2) is 0 Å². The largest absolute Gasteiger partial charge is 0.324 e. The topological polar surface area (TPSA) is 0 Å². The van der Waals surface area contributed by atoms with Crippen molar-refractivity contribution in [2.45, 2.75) is 66.2 Å². The maximum atomic E-state index is 2.33. The lowest BCUT2D eigenvalue weighted by atomic mass is 10.1. The van der Waals surface area contributed by atoms with Crippen LogP contribution in [-0.2, 0) is 0 Å². The number of hydrogen-bond acceptors (Lipinski definition) is 0. The first-order valence-corrected chi connectivity index (χ1v) is 7.09. The maximum Gasteiger partial charge on any atom is 0.0786 e. The van der Waals surface area contributed by atoms with Crippen LogP contribution in [0.4, 0.5) is 0 Å². The summed E-state index contributed by atoms with van der Waals surface area (Å²) in [5.41, 5.74) is 0. The van der Waals surface area contributed by atoms with Crippen LogP contribution in [-0.4, -0.2) is 30.7 Å². The molecule has 0 amide bonds. The molecule has 15 heavy (non-hydrogen) atoms. The molecule has 92 valence electrons. The predicted octanol–water partition coefficient (Wildman–Crippen LogP) is 4.22. The van der Waals surface area contributed by atoms with Crippen molar-refractivity contribution >= 4 is 0 Å². The van der Waals surface area contributed by atoms with E-state index in [1.165, 1.54) is 69.2 Å². The van der Waals surface area contributed by atoms with Crippen LogP contribution in [0, 0.1) is 0 Å². The summed E-state index contributed by atoms with van der Waals surface area (Å²) in [7, 11) is 0. The first-order valence-electron chi connectivity index (χ1n) is 7.09. The molecular weight excluding hydrogens is 182 g/mol. The van der Waals surface area contributed by atoms with Gasteiger partial charge in [0, 0.05) is 0 Å². The lowest BCUT2D eigenvalue weighted by Crippen LogP contribution is -2.50. The first-order chi connectivity index (χ1) is 7.24. The van der Waals surface area contributed by atoms with E-state index < -0.39 is 0 Å². The molecular formula is C14H32N+. The minimum atomic E-state index is 1.34. The Morgan fingerprint density at radius 3 is 1.20 bits per heavy atom. The molecule has 0 aromatic heterocycles. The van der Waals surface area contributed by atoms with Gasteiger partial charge >= 0.3 is 0 Å². The average Bonchev–Trinajstić information content (AvgIpc) is 2.24. The van der Waals surface area contributed by atoms with Gasteiger partial charge in [-0.2, -0.15) is 0 Å². The van der Waals surface area contributed by atoms with Crippen LogP contribution in [0.2, 0.25) is 0 Å². The van der Waals surface area contributed by atoms with Gasteiger partial charge in [-0.05, 0) is 25.7 Å². The molecule has 0 aliphatic carbocycles. The third-order valence-electron chi connectivity index (χ3n) is 3.37. The molecule has 0 atom stereocenters. The van der Waals surface area contributed by atoms with Gasteiger partial charge in [0.2, 0.25) is 0 Å². The molecule has 0 fully saturated rings. The monoisotopic (exact) mass is 214 g/mol. The Balaban J connectivity index is 4.26. The summed E-state index contributed by atoms with van der Waals surface area (Å²) < 4.78 is 1.40. The van der Waals surface area contributed by atoms with Crippen LogP contribution < -0.4 is 0 Å². The molecule has 0 aromatic rings. The van der Waals surface area contributed by atoms with Crippen molar-refractivity contribution in [2.24, 2.45) is 0 Å². The van der Waals surface area contributed by atoms with E-state index in [4.69, 9.17) is 0 Å². The van der Waals surface area contributed by atoms with Crippen molar-refractivity contribution in [3.63, 3.8) is 0 Å². The van der Waals surface area contributed by atoms with Gasteiger partial charge < -0.3 is 4.48 Å². The van der Waals surface area contributed by atoms with Crippen LogP contribution in [0.3, 0.4) is 0 Å². The normalized spacial score (nSPS) is 12.0. The smallest absolute Gasteiger partial charge is 0.0786 e. The standard InChI is InChI=1S/C14H32N/c1-5-9-13-15(11-7-3,12-8-4)14-10-6-2/h5-14H2,1-4H3/q+1. The highest BCUT2D eigenvalue weighted by atomic mass is 15.3. The molecule has 0 bridgehead atoms. The van der Waals surface area contributed by atoms with E-state index in [2.05, 4.69) is 27.7 Å². The summed E-state index contributed by atoms with van der Waals surface area (Å²) in [4.78, 5) is 0. The lowest BCUT2D eigenvalue weighted by molar-refractivity contribution is -0.928. The van der Waals surface area contributed by atoms with Gasteiger partial charge in [0.05, 0.1) is 26.2 Å². The second-order valence-corrected chi connectivity index (χ2v) is 4.94. The summed E-state index contributed by atoms with van der Waals surface area (Å²) >= 11 is 0. The molecule has 0 N–H and O–H groups in total. The highest BCUT2D eigenvalue weighted by Crippen LogP contribution is 2.14. The van der Waals surface area contributed by atoms with Gasteiger partial charge in [0.1, 0.15) is 0 Å². The number of hydrogen-bond donors (Lipinski definition) is 0. The van der Waals surface area contributed by atoms with Crippen molar-refractivity contribution in [1.82, 2.24) is 0 Å². The molecule has 0 saturated carbocycles. The maximum absolute atomic E-state index is 2.33. The van der Waals surface area contributed by atoms with Gasteiger partial charge in [0.15, 0.2) is 0 Å². The van der Waals surface area contributed by atoms with Gasteiger partial charge in [-0.1, -0.05) is 40.5 Å². The number of rotatable bonds is 10. The van der Waals surface area contributed by atoms with Crippen molar-refractivity contribution < 1.29 is 4.48 Å². The van der Waals surface area contributed by atoms with E-state index in [0.717, 1.165) is 0 Å². The van der Waals surface area contributed by atoms with Gasteiger partial charge in [-0.3, -0.25) is 0 Å². The highest BCUT2D eigenvalue weighted by Gasteiger charge is 2.23. The van der Waals surface area contributed by atoms with Crippen LogP contribution >= 0.6 is 0 Å². The molecule has 1 nitrogen and oxygen atoms in total. The summed E-state index contributed by atoms with van der Waals surface area (Å²) in [6.45, 7) is 14.9. The predicted molar refractivity (Wildman–Crippen MR) is 70.1 cm³/mol. The van der Waals surface area contributed by atoms with E-state index in [9.17, 15) is 0 Å². The number of nitrogens with zero attached hydrogens (tertiary/aromatic N) is 1. The third-order valence-corrected chi connectivity index (χ3v) is 3.37. The second-order valence-electron chi connectivity index (χ2n) is 4.94. The molecule has 0 unspecified atom stereocenters. The van der Waals surface area contributed by atoms with Crippen molar-refractivity contribution in [2.75, 3.05) is 26.2 Å². The molecule has 0 aliphatic heterocycles. The molecule has 0 aliphatic rings. The Bertz CT molecular complexity index is 115. The van der Waals surface area contributed by atoms with Crippen molar-refractivity contribution in [1.29, 1.82) is 0 Å². The van der Waals surface area contributed by atoms with Crippen molar-refractivity contribution in [3.05, 3.63) is 0 Å². The fourth-order valence-corrected chi connectivity index (χ4v) is 2.61. The SMILES string of the molecule is CCCC[N+](CCC)(CCC)CCCC. The lowest BCUT2D eigenvalue weighted by Gasteiger charge is -2.39. The van der Waals surface area contributed by atoms with E-state index >= 15 is 0 Å². The average molecular weight is 214 g/mol. The van der Waals surface area contributed by atoms with E-state index in [-0.39, 0.29) is 0 Å². The Hall–Kier alpha value is -0.0400. The van der Waals surface area contributed by atoms with Gasteiger partial charge in [0.25, 0.3) is 0 Å². The van der Waals surface area contributed by atoms with Gasteiger partial charge in [-0.25, -0.2) is 0 Å². The Morgan fingerprint density at radius 1 is 0.533 bits per heavy atom. The molecule has 0 radical (unpaired) electrons. The number of quaternary nitrogens is 1.